The molecule has 1 N–H and O–H groups in total. The van der Waals surface area contributed by atoms with E-state index in [0.29, 0.717) is 5.92 Å². The van der Waals surface area contributed by atoms with Gasteiger partial charge in [0.2, 0.25) is 0 Å². The Morgan fingerprint density at radius 3 is 2.68 bits per heavy atom. The number of hydrogen-bond donors (Lipinski definition) is 1. The summed E-state index contributed by atoms with van der Waals surface area (Å²) in [4.78, 5) is 6.50. The zero-order valence-corrected chi connectivity index (χ0v) is 16.8. The van der Waals surface area contributed by atoms with E-state index < -0.39 is 0 Å². The van der Waals surface area contributed by atoms with E-state index in [0.717, 1.165) is 64.7 Å². The Kier molecular flexibility index (Phi) is 14.5. The van der Waals surface area contributed by atoms with Crippen LogP contribution in [-0.2, 0) is 9.47 Å². The van der Waals surface area contributed by atoms with Crippen molar-refractivity contribution < 1.29 is 9.47 Å². The van der Waals surface area contributed by atoms with Gasteiger partial charge in [0.1, 0.15) is 0 Å². The molecule has 0 spiro atoms. The quantitative estimate of drug-likeness (QED) is 0.266. The van der Waals surface area contributed by atoms with Gasteiger partial charge in [-0.1, -0.05) is 13.3 Å². The number of guanidine groups is 1. The van der Waals surface area contributed by atoms with E-state index in [-0.39, 0.29) is 24.0 Å². The second-order valence-corrected chi connectivity index (χ2v) is 5.73. The number of hydrogen-bond acceptors (Lipinski definition) is 3. The fourth-order valence-corrected chi connectivity index (χ4v) is 2.42. The predicted octanol–water partition coefficient (Wildman–Crippen LogP) is 2.75. The minimum absolute atomic E-state index is 0. The molecule has 1 heterocycles. The standard InChI is InChI=1S/C16H33N3O2.HI/c1-4-5-10-19(3)16(17-2)18-9-6-11-21-14-15-7-12-20-13-8-15;/h15H,4-14H2,1-3H3,(H,17,18);1H. The van der Waals surface area contributed by atoms with Gasteiger partial charge in [0.05, 0.1) is 0 Å². The maximum Gasteiger partial charge on any atom is 0.193 e. The minimum Gasteiger partial charge on any atom is -0.381 e. The normalized spacial score (nSPS) is 16.2. The van der Waals surface area contributed by atoms with Crippen LogP contribution in [0.15, 0.2) is 4.99 Å². The van der Waals surface area contributed by atoms with Crippen LogP contribution in [-0.4, -0.2) is 64.5 Å². The van der Waals surface area contributed by atoms with Crippen molar-refractivity contribution in [1.29, 1.82) is 0 Å². The molecule has 132 valence electrons. The molecule has 0 aromatic rings. The molecule has 0 bridgehead atoms. The molecule has 22 heavy (non-hydrogen) atoms. The summed E-state index contributed by atoms with van der Waals surface area (Å²) >= 11 is 0. The van der Waals surface area contributed by atoms with Crippen molar-refractivity contribution in [3.63, 3.8) is 0 Å². The first-order valence-corrected chi connectivity index (χ1v) is 8.35. The zero-order chi connectivity index (χ0) is 15.3. The van der Waals surface area contributed by atoms with Crippen molar-refractivity contribution in [2.75, 3.05) is 53.6 Å². The Hall–Kier alpha value is -0.0800. The molecular formula is C16H34IN3O2. The molecule has 1 aliphatic rings. The van der Waals surface area contributed by atoms with Crippen molar-refractivity contribution in [2.24, 2.45) is 10.9 Å². The fourth-order valence-electron chi connectivity index (χ4n) is 2.42. The van der Waals surface area contributed by atoms with Gasteiger partial charge in [-0.15, -0.1) is 24.0 Å². The van der Waals surface area contributed by atoms with Crippen LogP contribution in [0.5, 0.6) is 0 Å². The number of ether oxygens (including phenoxy) is 2. The fraction of sp³-hybridized carbons (Fsp3) is 0.938. The lowest BCUT2D eigenvalue weighted by atomic mass is 10.0. The summed E-state index contributed by atoms with van der Waals surface area (Å²) in [6.45, 7) is 7.67. The van der Waals surface area contributed by atoms with Crippen LogP contribution in [0.25, 0.3) is 0 Å². The van der Waals surface area contributed by atoms with Crippen molar-refractivity contribution in [1.82, 2.24) is 10.2 Å². The molecule has 0 unspecified atom stereocenters. The van der Waals surface area contributed by atoms with Crippen molar-refractivity contribution in [3.05, 3.63) is 0 Å². The molecule has 0 saturated carbocycles. The third kappa shape index (κ3) is 9.84. The number of rotatable bonds is 9. The molecule has 0 radical (unpaired) electrons. The number of halogens is 1. The average Bonchev–Trinajstić information content (AvgIpc) is 2.53. The van der Waals surface area contributed by atoms with Gasteiger partial charge < -0.3 is 19.7 Å². The van der Waals surface area contributed by atoms with Gasteiger partial charge in [-0.05, 0) is 31.6 Å². The maximum atomic E-state index is 5.76. The van der Waals surface area contributed by atoms with E-state index in [4.69, 9.17) is 9.47 Å². The summed E-state index contributed by atoms with van der Waals surface area (Å²) in [6.07, 6.45) is 5.72. The van der Waals surface area contributed by atoms with Crippen LogP contribution < -0.4 is 5.32 Å². The third-order valence-corrected chi connectivity index (χ3v) is 3.86. The smallest absolute Gasteiger partial charge is 0.193 e. The highest BCUT2D eigenvalue weighted by Crippen LogP contribution is 2.14. The highest BCUT2D eigenvalue weighted by molar-refractivity contribution is 14.0. The van der Waals surface area contributed by atoms with Gasteiger partial charge in [0.25, 0.3) is 0 Å². The Labute approximate surface area is 153 Å². The zero-order valence-electron chi connectivity index (χ0n) is 14.5. The van der Waals surface area contributed by atoms with Gasteiger partial charge in [0.15, 0.2) is 5.96 Å². The lowest BCUT2D eigenvalue weighted by Crippen LogP contribution is -2.40. The molecule has 0 aromatic carbocycles. The SMILES string of the molecule is CCCCN(C)C(=NC)NCCCOCC1CCOCC1.I. The van der Waals surface area contributed by atoms with E-state index in [1.165, 1.54) is 12.8 Å². The summed E-state index contributed by atoms with van der Waals surface area (Å²) in [7, 11) is 3.93. The monoisotopic (exact) mass is 427 g/mol. The first kappa shape index (κ1) is 21.9. The number of aliphatic imine (C=N–C) groups is 1. The van der Waals surface area contributed by atoms with Gasteiger partial charge in [0, 0.05) is 53.6 Å². The van der Waals surface area contributed by atoms with E-state index >= 15 is 0 Å². The third-order valence-electron chi connectivity index (χ3n) is 3.86. The highest BCUT2D eigenvalue weighted by atomic mass is 127. The largest absolute Gasteiger partial charge is 0.381 e. The van der Waals surface area contributed by atoms with Crippen molar-refractivity contribution in [2.45, 2.75) is 39.0 Å². The van der Waals surface area contributed by atoms with Crippen LogP contribution in [0.1, 0.15) is 39.0 Å². The topological polar surface area (TPSA) is 46.1 Å². The van der Waals surface area contributed by atoms with Crippen molar-refractivity contribution >= 4 is 29.9 Å². The molecular weight excluding hydrogens is 393 g/mol. The molecule has 1 aliphatic heterocycles. The number of nitrogens with zero attached hydrogens (tertiary/aromatic N) is 2. The molecule has 1 rings (SSSR count). The van der Waals surface area contributed by atoms with Gasteiger partial charge in [-0.3, -0.25) is 4.99 Å². The average molecular weight is 427 g/mol. The lowest BCUT2D eigenvalue weighted by Gasteiger charge is -2.22. The van der Waals surface area contributed by atoms with Crippen LogP contribution in [0, 0.1) is 5.92 Å². The van der Waals surface area contributed by atoms with Gasteiger partial charge in [-0.25, -0.2) is 0 Å². The van der Waals surface area contributed by atoms with Crippen molar-refractivity contribution in [3.8, 4) is 0 Å². The van der Waals surface area contributed by atoms with Crippen LogP contribution in [0.3, 0.4) is 0 Å². The molecule has 0 aromatic heterocycles. The highest BCUT2D eigenvalue weighted by Gasteiger charge is 2.13. The minimum atomic E-state index is 0. The lowest BCUT2D eigenvalue weighted by molar-refractivity contribution is 0.0203. The first-order valence-electron chi connectivity index (χ1n) is 8.35. The maximum absolute atomic E-state index is 5.76. The number of nitrogens with one attached hydrogen (secondary N) is 1. The predicted molar refractivity (Wildman–Crippen MR) is 103 cm³/mol. The summed E-state index contributed by atoms with van der Waals surface area (Å²) in [6, 6.07) is 0. The molecule has 1 saturated heterocycles. The number of unbranched alkanes of at least 4 members (excludes halogenated alkanes) is 1. The Morgan fingerprint density at radius 1 is 1.32 bits per heavy atom. The van der Waals surface area contributed by atoms with E-state index in [1.54, 1.807) is 0 Å². The first-order chi connectivity index (χ1) is 10.3. The second kappa shape index (κ2) is 14.5. The summed E-state index contributed by atoms with van der Waals surface area (Å²) < 4.78 is 11.1. The summed E-state index contributed by atoms with van der Waals surface area (Å²) in [5.74, 6) is 1.67. The summed E-state index contributed by atoms with van der Waals surface area (Å²) in [5, 5.41) is 3.39. The van der Waals surface area contributed by atoms with E-state index in [1.807, 2.05) is 7.05 Å². The molecule has 5 nitrogen and oxygen atoms in total. The van der Waals surface area contributed by atoms with E-state index in [2.05, 4.69) is 29.2 Å². The molecule has 0 atom stereocenters. The molecule has 0 amide bonds. The molecule has 0 aliphatic carbocycles. The van der Waals surface area contributed by atoms with Gasteiger partial charge in [-0.2, -0.15) is 0 Å². The summed E-state index contributed by atoms with van der Waals surface area (Å²) in [5.41, 5.74) is 0. The Bertz CT molecular complexity index is 285. The van der Waals surface area contributed by atoms with Crippen LogP contribution in [0.4, 0.5) is 0 Å². The van der Waals surface area contributed by atoms with Gasteiger partial charge >= 0.3 is 0 Å². The van der Waals surface area contributed by atoms with Crippen LogP contribution in [0.2, 0.25) is 0 Å². The molecule has 1 fully saturated rings. The Morgan fingerprint density at radius 2 is 2.05 bits per heavy atom. The second-order valence-electron chi connectivity index (χ2n) is 5.73. The van der Waals surface area contributed by atoms with Crippen LogP contribution >= 0.6 is 24.0 Å². The Balaban J connectivity index is 0.00000441. The van der Waals surface area contributed by atoms with E-state index in [9.17, 15) is 0 Å². The molecule has 6 heteroatoms.